The van der Waals surface area contributed by atoms with Crippen LogP contribution in [-0.2, 0) is 0 Å². The van der Waals surface area contributed by atoms with E-state index in [1.807, 2.05) is 13.0 Å². The predicted octanol–water partition coefficient (Wildman–Crippen LogP) is 3.91. The highest BCUT2D eigenvalue weighted by atomic mass is 16.2. The first-order valence-electron chi connectivity index (χ1n) is 8.07. The van der Waals surface area contributed by atoms with Gasteiger partial charge in [0, 0.05) is 30.5 Å². The molecule has 2 rings (SSSR count). The summed E-state index contributed by atoms with van der Waals surface area (Å²) in [7, 11) is 0. The lowest BCUT2D eigenvalue weighted by atomic mass is 10.1. The zero-order chi connectivity index (χ0) is 15.2. The normalized spacial score (nSPS) is 15.0. The minimum atomic E-state index is -0.0828. The molecule has 21 heavy (non-hydrogen) atoms. The fourth-order valence-electron chi connectivity index (χ4n) is 2.99. The molecule has 1 aromatic rings. The molecule has 2 N–H and O–H groups in total. The van der Waals surface area contributed by atoms with E-state index in [9.17, 15) is 4.79 Å². The second-order valence-corrected chi connectivity index (χ2v) is 5.75. The maximum Gasteiger partial charge on any atom is 0.319 e. The molecule has 2 amide bonds. The number of nitrogens with zero attached hydrogens (tertiary/aromatic N) is 1. The Balaban J connectivity index is 1.98. The van der Waals surface area contributed by atoms with Crippen molar-refractivity contribution in [3.8, 4) is 0 Å². The summed E-state index contributed by atoms with van der Waals surface area (Å²) in [6, 6.07) is 6.47. The summed E-state index contributed by atoms with van der Waals surface area (Å²) in [5, 5.41) is 6.02. The molecule has 4 heteroatoms. The third kappa shape index (κ3) is 4.13. The molecule has 1 saturated carbocycles. The molecule has 1 aliphatic carbocycles. The fraction of sp³-hybridized carbons (Fsp3) is 0.588. The van der Waals surface area contributed by atoms with Crippen molar-refractivity contribution >= 4 is 17.4 Å². The van der Waals surface area contributed by atoms with Crippen molar-refractivity contribution in [3.63, 3.8) is 0 Å². The number of rotatable bonds is 5. The van der Waals surface area contributed by atoms with Crippen molar-refractivity contribution in [2.75, 3.05) is 23.3 Å². The van der Waals surface area contributed by atoms with E-state index in [1.165, 1.54) is 18.5 Å². The maximum absolute atomic E-state index is 12.0. The van der Waals surface area contributed by atoms with E-state index < -0.39 is 0 Å². The van der Waals surface area contributed by atoms with Gasteiger partial charge >= 0.3 is 6.03 Å². The Morgan fingerprint density at radius 3 is 2.48 bits per heavy atom. The molecule has 0 aromatic heterocycles. The number of carbonyl (C=O) groups is 1. The lowest BCUT2D eigenvalue weighted by Gasteiger charge is -2.22. The van der Waals surface area contributed by atoms with Gasteiger partial charge in [0.05, 0.1) is 0 Å². The van der Waals surface area contributed by atoms with E-state index >= 15 is 0 Å². The number of hydrogen-bond donors (Lipinski definition) is 2. The average molecular weight is 289 g/mol. The first-order chi connectivity index (χ1) is 10.1. The van der Waals surface area contributed by atoms with Gasteiger partial charge in [0.2, 0.25) is 0 Å². The molecule has 0 atom stereocenters. The van der Waals surface area contributed by atoms with Crippen LogP contribution >= 0.6 is 0 Å². The highest BCUT2D eigenvalue weighted by Gasteiger charge is 2.17. The largest absolute Gasteiger partial charge is 0.372 e. The standard InChI is InChI=1S/C17H27N3O/c1-4-20(5-2)15-10-11-16(13(3)12-15)19-17(21)18-14-8-6-7-9-14/h10-12,14H,4-9H2,1-3H3,(H2,18,19,21). The summed E-state index contributed by atoms with van der Waals surface area (Å²) in [5.74, 6) is 0. The average Bonchev–Trinajstić information content (AvgIpc) is 2.96. The second-order valence-electron chi connectivity index (χ2n) is 5.75. The molecule has 1 aromatic carbocycles. The summed E-state index contributed by atoms with van der Waals surface area (Å²) in [5.41, 5.74) is 3.20. The van der Waals surface area contributed by atoms with Crippen molar-refractivity contribution in [1.82, 2.24) is 5.32 Å². The molecular weight excluding hydrogens is 262 g/mol. The van der Waals surface area contributed by atoms with Gasteiger partial charge in [-0.3, -0.25) is 0 Å². The summed E-state index contributed by atoms with van der Waals surface area (Å²) < 4.78 is 0. The number of nitrogens with one attached hydrogen (secondary N) is 2. The van der Waals surface area contributed by atoms with Crippen LogP contribution in [-0.4, -0.2) is 25.2 Å². The molecule has 4 nitrogen and oxygen atoms in total. The first-order valence-corrected chi connectivity index (χ1v) is 8.07. The Kier molecular flexibility index (Phi) is 5.48. The van der Waals surface area contributed by atoms with E-state index in [2.05, 4.69) is 41.5 Å². The van der Waals surface area contributed by atoms with Crippen molar-refractivity contribution < 1.29 is 4.79 Å². The third-order valence-corrected chi connectivity index (χ3v) is 4.28. The molecule has 0 heterocycles. The SMILES string of the molecule is CCN(CC)c1ccc(NC(=O)NC2CCCC2)c(C)c1. The van der Waals surface area contributed by atoms with Gasteiger partial charge in [-0.15, -0.1) is 0 Å². The number of hydrogen-bond acceptors (Lipinski definition) is 2. The van der Waals surface area contributed by atoms with Crippen LogP contribution < -0.4 is 15.5 Å². The first kappa shape index (κ1) is 15.7. The Morgan fingerprint density at radius 2 is 1.90 bits per heavy atom. The molecule has 0 bridgehead atoms. The fourth-order valence-corrected chi connectivity index (χ4v) is 2.99. The van der Waals surface area contributed by atoms with Crippen LogP contribution in [0, 0.1) is 6.92 Å². The second kappa shape index (κ2) is 7.34. The number of aryl methyl sites for hydroxylation is 1. The summed E-state index contributed by atoms with van der Waals surface area (Å²) in [4.78, 5) is 14.3. The van der Waals surface area contributed by atoms with Gasteiger partial charge in [0.1, 0.15) is 0 Å². The molecular formula is C17H27N3O. The zero-order valence-electron chi connectivity index (χ0n) is 13.4. The van der Waals surface area contributed by atoms with E-state index in [0.717, 1.165) is 37.2 Å². The number of anilines is 2. The molecule has 1 aliphatic rings. The van der Waals surface area contributed by atoms with E-state index in [1.54, 1.807) is 0 Å². The molecule has 0 unspecified atom stereocenters. The highest BCUT2D eigenvalue weighted by molar-refractivity contribution is 5.90. The topological polar surface area (TPSA) is 44.4 Å². The molecule has 1 fully saturated rings. The van der Waals surface area contributed by atoms with E-state index in [-0.39, 0.29) is 6.03 Å². The monoisotopic (exact) mass is 289 g/mol. The number of carbonyl (C=O) groups excluding carboxylic acids is 1. The molecule has 0 saturated heterocycles. The number of benzene rings is 1. The van der Waals surface area contributed by atoms with E-state index in [4.69, 9.17) is 0 Å². The lowest BCUT2D eigenvalue weighted by molar-refractivity contribution is 0.248. The van der Waals surface area contributed by atoms with E-state index in [0.29, 0.717) is 6.04 Å². The molecule has 116 valence electrons. The van der Waals surface area contributed by atoms with Crippen LogP contribution in [0.1, 0.15) is 45.1 Å². The van der Waals surface area contributed by atoms with Gasteiger partial charge in [-0.2, -0.15) is 0 Å². The van der Waals surface area contributed by atoms with Crippen molar-refractivity contribution in [2.45, 2.75) is 52.5 Å². The molecule has 0 radical (unpaired) electrons. The minimum absolute atomic E-state index is 0.0828. The highest BCUT2D eigenvalue weighted by Crippen LogP contribution is 2.23. The van der Waals surface area contributed by atoms with Gasteiger partial charge in [0.25, 0.3) is 0 Å². The molecule has 0 spiro atoms. The Hall–Kier alpha value is -1.71. The van der Waals surface area contributed by atoms with Gasteiger partial charge in [-0.25, -0.2) is 4.79 Å². The smallest absolute Gasteiger partial charge is 0.319 e. The number of amides is 2. The lowest BCUT2D eigenvalue weighted by Crippen LogP contribution is -2.36. The Labute approximate surface area is 127 Å². The van der Waals surface area contributed by atoms with Crippen LogP contribution in [0.25, 0.3) is 0 Å². The van der Waals surface area contributed by atoms with Gasteiger partial charge < -0.3 is 15.5 Å². The predicted molar refractivity (Wildman–Crippen MR) is 89.2 cm³/mol. The van der Waals surface area contributed by atoms with Crippen LogP contribution in [0.5, 0.6) is 0 Å². The van der Waals surface area contributed by atoms with Crippen molar-refractivity contribution in [1.29, 1.82) is 0 Å². The Bertz CT molecular complexity index is 477. The van der Waals surface area contributed by atoms with Crippen LogP contribution in [0.3, 0.4) is 0 Å². The van der Waals surface area contributed by atoms with Gasteiger partial charge in [-0.1, -0.05) is 12.8 Å². The Morgan fingerprint density at radius 1 is 1.24 bits per heavy atom. The summed E-state index contributed by atoms with van der Waals surface area (Å²) in [6.07, 6.45) is 4.66. The quantitative estimate of drug-likeness (QED) is 0.863. The van der Waals surface area contributed by atoms with Crippen LogP contribution in [0.4, 0.5) is 16.2 Å². The van der Waals surface area contributed by atoms with Crippen LogP contribution in [0.15, 0.2) is 18.2 Å². The zero-order valence-corrected chi connectivity index (χ0v) is 13.4. The number of urea groups is 1. The molecule has 0 aliphatic heterocycles. The van der Waals surface area contributed by atoms with Crippen LogP contribution in [0.2, 0.25) is 0 Å². The van der Waals surface area contributed by atoms with Gasteiger partial charge in [-0.05, 0) is 57.4 Å². The van der Waals surface area contributed by atoms with Gasteiger partial charge in [0.15, 0.2) is 0 Å². The minimum Gasteiger partial charge on any atom is -0.372 e. The third-order valence-electron chi connectivity index (χ3n) is 4.28. The maximum atomic E-state index is 12.0. The van der Waals surface area contributed by atoms with Crippen molar-refractivity contribution in [3.05, 3.63) is 23.8 Å². The summed E-state index contributed by atoms with van der Waals surface area (Å²) >= 11 is 0. The van der Waals surface area contributed by atoms with Crippen molar-refractivity contribution in [2.24, 2.45) is 0 Å². The summed E-state index contributed by atoms with van der Waals surface area (Å²) in [6.45, 7) is 8.33.